The Bertz CT molecular complexity index is 3910. The van der Waals surface area contributed by atoms with Crippen LogP contribution in [0.15, 0.2) is 127 Å². The third-order valence-corrected chi connectivity index (χ3v) is 15.2. The lowest BCUT2D eigenvalue weighted by molar-refractivity contribution is -0.133. The van der Waals surface area contributed by atoms with Gasteiger partial charge in [0.15, 0.2) is 12.2 Å². The van der Waals surface area contributed by atoms with Crippen molar-refractivity contribution in [2.75, 3.05) is 59.8 Å². The number of morpholine rings is 1. The molecule has 13 nitrogen and oxygen atoms in total. The first-order valence-corrected chi connectivity index (χ1v) is 25.8. The molecule has 4 aliphatic carbocycles. The number of amides is 2. The number of Topliss-reactive ketones (excluding diaryl/α,β-unsaturated/α-hetero) is 2. The minimum atomic E-state index is -0.811. The fourth-order valence-electron chi connectivity index (χ4n) is 11.7. The van der Waals surface area contributed by atoms with Crippen LogP contribution < -0.4 is 9.47 Å². The molecule has 3 aliphatic heterocycles. The highest BCUT2D eigenvalue weighted by atomic mass is 16.6. The number of para-hydroxylation sites is 2. The lowest BCUT2D eigenvalue weighted by Crippen LogP contribution is -2.42. The standard InChI is InChI=1S/C34H29NO5.C31H21NO6/c1-6-22-18-39-20(4)23-12-9-15-26(33(23)40-22)30-28-24-13-7-10-21-11-8-14-25(27(21)24)29(28)31(32(30)36)34(37)35(19(2)3)16-17-38-5;1-2-18-16-37-31(35)22-11-5-10-21(29(22)38-18)26-24-19-8-3-6-17-7-4-9-20(23(17)19)25(24)27(28(26)33)30(34)32-12-14-36-15-13-32/h1,7-15,19,22H,4,16-18H2,2-3,5H3;1,3-11,18H,12-16H2. The van der Waals surface area contributed by atoms with E-state index in [1.54, 1.807) is 35.1 Å². The molecule has 0 spiro atoms. The monoisotopic (exact) mass is 1030 g/mol. The fraction of sp³-hybridized carbons (Fsp3) is 0.215. The second-order valence-corrected chi connectivity index (χ2v) is 19.8. The Hall–Kier alpha value is -9.27. The molecular formula is C65H50N2O11. The second kappa shape index (κ2) is 19.7. The summed E-state index contributed by atoms with van der Waals surface area (Å²) in [5.74, 6) is 4.19. The summed E-state index contributed by atoms with van der Waals surface area (Å²) >= 11 is 0. The zero-order valence-corrected chi connectivity index (χ0v) is 43.0. The predicted molar refractivity (Wildman–Crippen MR) is 296 cm³/mol. The summed E-state index contributed by atoms with van der Waals surface area (Å²) in [7, 11) is 1.60. The van der Waals surface area contributed by atoms with Gasteiger partial charge in [0.25, 0.3) is 11.8 Å². The number of carbonyl (C=O) groups excluding carboxylic acids is 5. The first-order valence-electron chi connectivity index (χ1n) is 25.8. The minimum Gasteiger partial charge on any atom is -0.488 e. The van der Waals surface area contributed by atoms with Crippen molar-refractivity contribution in [3.05, 3.63) is 171 Å². The normalized spacial score (nSPS) is 18.7. The van der Waals surface area contributed by atoms with E-state index in [4.69, 9.17) is 41.3 Å². The van der Waals surface area contributed by atoms with Crippen molar-refractivity contribution in [2.45, 2.75) is 32.1 Å². The van der Waals surface area contributed by atoms with Gasteiger partial charge in [-0.1, -0.05) is 115 Å². The van der Waals surface area contributed by atoms with Crippen molar-refractivity contribution in [3.63, 3.8) is 0 Å². The molecular weight excluding hydrogens is 985 g/mol. The maximum atomic E-state index is 14.6. The Kier molecular flexibility index (Phi) is 12.5. The number of ether oxygens (including phenoxy) is 6. The van der Waals surface area contributed by atoms with Crippen LogP contribution in [0.1, 0.15) is 63.1 Å². The van der Waals surface area contributed by atoms with Crippen molar-refractivity contribution in [2.24, 2.45) is 0 Å². The number of benzene rings is 6. The summed E-state index contributed by atoms with van der Waals surface area (Å²) in [5, 5.41) is 4.07. The molecule has 386 valence electrons. The first-order chi connectivity index (χ1) is 37.9. The number of hydrogen-bond donors (Lipinski definition) is 0. The summed E-state index contributed by atoms with van der Waals surface area (Å²) in [6.07, 6.45) is 9.89. The number of fused-ring (bicyclic) bond motifs is 8. The van der Waals surface area contributed by atoms with E-state index in [0.29, 0.717) is 95.5 Å². The number of carbonyl (C=O) groups is 5. The number of ketones is 2. The number of methoxy groups -OCH3 is 1. The van der Waals surface area contributed by atoms with Gasteiger partial charge in [0.2, 0.25) is 11.6 Å². The number of cyclic esters (lactones) is 1. The van der Waals surface area contributed by atoms with Crippen LogP contribution in [0.25, 0.3) is 60.7 Å². The molecule has 13 heteroatoms. The van der Waals surface area contributed by atoms with E-state index in [-0.39, 0.29) is 59.3 Å². The molecule has 78 heavy (non-hydrogen) atoms. The van der Waals surface area contributed by atoms with E-state index in [0.717, 1.165) is 49.4 Å². The van der Waals surface area contributed by atoms with Crippen molar-refractivity contribution >= 4 is 90.1 Å². The van der Waals surface area contributed by atoms with Crippen molar-refractivity contribution in [1.82, 2.24) is 9.80 Å². The second-order valence-electron chi connectivity index (χ2n) is 19.8. The summed E-state index contributed by atoms with van der Waals surface area (Å²) in [6.45, 7) is 10.4. The van der Waals surface area contributed by atoms with Gasteiger partial charge in [0, 0.05) is 77.4 Å². The molecule has 13 rings (SSSR count). The predicted octanol–water partition coefficient (Wildman–Crippen LogP) is 8.88. The Morgan fingerprint density at radius 3 is 1.60 bits per heavy atom. The molecule has 2 amide bonds. The van der Waals surface area contributed by atoms with E-state index in [9.17, 15) is 24.0 Å². The maximum Gasteiger partial charge on any atom is 0.342 e. The first kappa shape index (κ1) is 49.6. The molecule has 3 heterocycles. The van der Waals surface area contributed by atoms with Crippen LogP contribution in [0.5, 0.6) is 11.5 Å². The Morgan fingerprint density at radius 2 is 1.08 bits per heavy atom. The highest BCUT2D eigenvalue weighted by molar-refractivity contribution is 6.57. The average Bonchev–Trinajstić information content (AvgIpc) is 4.26. The fourth-order valence-corrected chi connectivity index (χ4v) is 11.7. The van der Waals surface area contributed by atoms with Gasteiger partial charge in [-0.3, -0.25) is 19.2 Å². The molecule has 7 aliphatic rings. The molecule has 6 aromatic carbocycles. The Labute approximate surface area is 450 Å². The van der Waals surface area contributed by atoms with Crippen LogP contribution in [-0.4, -0.2) is 117 Å². The molecule has 1 fully saturated rings. The van der Waals surface area contributed by atoms with Crippen molar-refractivity contribution in [1.29, 1.82) is 0 Å². The number of nitrogens with zero attached hydrogens (tertiary/aromatic N) is 2. The van der Waals surface area contributed by atoms with Crippen LogP contribution in [0.3, 0.4) is 0 Å². The average molecular weight is 1040 g/mol. The highest BCUT2D eigenvalue weighted by Crippen LogP contribution is 2.58. The molecule has 2 unspecified atom stereocenters. The molecule has 0 saturated carbocycles. The third-order valence-electron chi connectivity index (χ3n) is 15.2. The van der Waals surface area contributed by atoms with Crippen LogP contribution in [0.2, 0.25) is 0 Å². The van der Waals surface area contributed by atoms with E-state index < -0.39 is 24.0 Å². The van der Waals surface area contributed by atoms with Gasteiger partial charge < -0.3 is 38.2 Å². The van der Waals surface area contributed by atoms with E-state index >= 15 is 0 Å². The number of esters is 1. The molecule has 0 bridgehead atoms. The number of terminal acetylenes is 2. The van der Waals surface area contributed by atoms with Gasteiger partial charge in [-0.2, -0.15) is 0 Å². The maximum absolute atomic E-state index is 14.6. The Morgan fingerprint density at radius 1 is 0.628 bits per heavy atom. The molecule has 2 atom stereocenters. The highest BCUT2D eigenvalue weighted by Gasteiger charge is 2.47. The van der Waals surface area contributed by atoms with Crippen LogP contribution >= 0.6 is 0 Å². The van der Waals surface area contributed by atoms with Crippen LogP contribution in [0, 0.1) is 24.7 Å². The lowest BCUT2D eigenvalue weighted by atomic mass is 9.92. The third kappa shape index (κ3) is 7.76. The quantitative estimate of drug-likeness (QED) is 0.0819. The van der Waals surface area contributed by atoms with Gasteiger partial charge in [0.05, 0.1) is 36.5 Å². The van der Waals surface area contributed by atoms with Crippen LogP contribution in [-0.2, 0) is 38.1 Å². The van der Waals surface area contributed by atoms with E-state index in [2.05, 4.69) is 18.4 Å². The van der Waals surface area contributed by atoms with Gasteiger partial charge in [-0.15, -0.1) is 12.8 Å². The number of hydrogen-bond acceptors (Lipinski definition) is 11. The van der Waals surface area contributed by atoms with Gasteiger partial charge in [-0.05, 0) is 69.8 Å². The van der Waals surface area contributed by atoms with Crippen molar-refractivity contribution in [3.8, 4) is 36.2 Å². The molecule has 1 saturated heterocycles. The molecule has 0 aromatic heterocycles. The topological polar surface area (TPSA) is 147 Å². The summed E-state index contributed by atoms with van der Waals surface area (Å²) in [4.78, 5) is 73.2. The smallest absolute Gasteiger partial charge is 0.342 e. The number of rotatable bonds is 8. The summed E-state index contributed by atoms with van der Waals surface area (Å²) in [5.41, 5.74) is 8.99. The summed E-state index contributed by atoms with van der Waals surface area (Å²) < 4.78 is 34.1. The molecule has 0 radical (unpaired) electrons. The van der Waals surface area contributed by atoms with Gasteiger partial charge in [-0.25, -0.2) is 4.79 Å². The van der Waals surface area contributed by atoms with Gasteiger partial charge >= 0.3 is 5.97 Å². The molecule has 0 N–H and O–H groups in total. The lowest BCUT2D eigenvalue weighted by Gasteiger charge is -2.27. The van der Waals surface area contributed by atoms with E-state index in [1.165, 1.54) is 0 Å². The Balaban J connectivity index is 0.000000156. The summed E-state index contributed by atoms with van der Waals surface area (Å²) in [6, 6.07) is 34.2. The van der Waals surface area contributed by atoms with Crippen molar-refractivity contribution < 1.29 is 52.4 Å². The molecule has 6 aromatic rings. The van der Waals surface area contributed by atoms with E-state index in [1.807, 2.05) is 105 Å². The van der Waals surface area contributed by atoms with Gasteiger partial charge in [0.1, 0.15) is 36.0 Å². The van der Waals surface area contributed by atoms with Crippen LogP contribution in [0.4, 0.5) is 0 Å². The zero-order valence-electron chi connectivity index (χ0n) is 43.0. The largest absolute Gasteiger partial charge is 0.488 e. The SMILES string of the molecule is C#CC1COC(=C)c2cccc(C3=C4C(=C(C(=O)N(CCOC)C(C)C)C3=O)c3cccc5cccc4c35)c2O1.C#CC1COC(=O)c2cccc(C3=C4C(=C(C(=O)N5CCOCC5)C3=O)c3cccc5cccc4c35)c2O1. The number of allylic oxidation sites excluding steroid dienone is 6. The minimum absolute atomic E-state index is 0.0989. The zero-order chi connectivity index (χ0) is 54.1.